The molecule has 0 aliphatic carbocycles. The molecular formula is C22H22Cl2N4O3S. The fourth-order valence-corrected chi connectivity index (χ4v) is 4.06. The predicted molar refractivity (Wildman–Crippen MR) is 128 cm³/mol. The lowest BCUT2D eigenvalue weighted by Gasteiger charge is -2.30. The average Bonchev–Trinajstić information content (AvgIpc) is 3.44. The molecule has 1 aliphatic heterocycles. The maximum absolute atomic E-state index is 6.50. The summed E-state index contributed by atoms with van der Waals surface area (Å²) in [7, 11) is 1.76. The summed E-state index contributed by atoms with van der Waals surface area (Å²) in [4.78, 5) is 4.11. The zero-order valence-electron chi connectivity index (χ0n) is 17.3. The molecule has 2 aromatic carbocycles. The molecule has 1 aromatic heterocycles. The van der Waals surface area contributed by atoms with Crippen molar-refractivity contribution in [2.75, 3.05) is 25.6 Å². The van der Waals surface area contributed by atoms with Crippen molar-refractivity contribution in [1.29, 1.82) is 0 Å². The molecule has 2 N–H and O–H groups in total. The quantitative estimate of drug-likeness (QED) is 0.472. The highest BCUT2D eigenvalue weighted by Crippen LogP contribution is 2.40. The van der Waals surface area contributed by atoms with Crippen molar-refractivity contribution in [2.24, 2.45) is 0 Å². The van der Waals surface area contributed by atoms with E-state index in [4.69, 9.17) is 49.6 Å². The number of imidazole rings is 1. The van der Waals surface area contributed by atoms with Gasteiger partial charge in [-0.15, -0.1) is 0 Å². The van der Waals surface area contributed by atoms with Crippen LogP contribution in [0.15, 0.2) is 61.2 Å². The van der Waals surface area contributed by atoms with Gasteiger partial charge in [0.1, 0.15) is 18.5 Å². The van der Waals surface area contributed by atoms with Gasteiger partial charge >= 0.3 is 0 Å². The highest BCUT2D eigenvalue weighted by molar-refractivity contribution is 7.80. The van der Waals surface area contributed by atoms with Gasteiger partial charge in [0.15, 0.2) is 5.11 Å². The van der Waals surface area contributed by atoms with Crippen molar-refractivity contribution in [3.05, 3.63) is 76.8 Å². The second kappa shape index (κ2) is 10.1. The molecule has 0 bridgehead atoms. The number of thiocarbonyl (C=S) groups is 1. The van der Waals surface area contributed by atoms with Crippen molar-refractivity contribution in [2.45, 2.75) is 18.4 Å². The molecule has 0 amide bonds. The van der Waals surface area contributed by atoms with E-state index in [9.17, 15) is 0 Å². The third kappa shape index (κ3) is 5.33. The van der Waals surface area contributed by atoms with Crippen LogP contribution in [0.2, 0.25) is 10.0 Å². The minimum absolute atomic E-state index is 0.292. The summed E-state index contributed by atoms with van der Waals surface area (Å²) >= 11 is 17.7. The Bertz CT molecular complexity index is 1070. The molecule has 2 heterocycles. The molecule has 2 unspecified atom stereocenters. The standard InChI is InChI=1S/C22H22Cl2N4O3S/c1-25-21(32)27-16-3-5-17(6-4-16)29-11-18-12-30-22(31-18,13-28-9-8-26-14-28)19-7-2-15(23)10-20(19)24/h2-10,14,18H,11-13H2,1H3,(H2,25,27,32). The first-order valence-electron chi connectivity index (χ1n) is 9.92. The molecule has 1 saturated heterocycles. The van der Waals surface area contributed by atoms with E-state index in [1.165, 1.54) is 0 Å². The molecule has 4 rings (SSSR count). The average molecular weight is 493 g/mol. The summed E-state index contributed by atoms with van der Waals surface area (Å²) in [5.74, 6) is -0.362. The first-order chi connectivity index (χ1) is 15.5. The predicted octanol–water partition coefficient (Wildman–Crippen LogP) is 4.45. The van der Waals surface area contributed by atoms with E-state index in [-0.39, 0.29) is 6.10 Å². The molecule has 10 heteroatoms. The van der Waals surface area contributed by atoms with Crippen LogP contribution in [-0.2, 0) is 21.8 Å². The van der Waals surface area contributed by atoms with Crippen LogP contribution < -0.4 is 15.4 Å². The van der Waals surface area contributed by atoms with Crippen LogP contribution >= 0.6 is 35.4 Å². The highest BCUT2D eigenvalue weighted by atomic mass is 35.5. The smallest absolute Gasteiger partial charge is 0.215 e. The largest absolute Gasteiger partial charge is 0.491 e. The second-order valence-corrected chi connectivity index (χ2v) is 8.45. The molecule has 1 aliphatic rings. The number of hydrogen-bond acceptors (Lipinski definition) is 5. The van der Waals surface area contributed by atoms with Gasteiger partial charge in [-0.05, 0) is 48.6 Å². The minimum atomic E-state index is -1.08. The number of anilines is 1. The molecule has 0 radical (unpaired) electrons. The van der Waals surface area contributed by atoms with Gasteiger partial charge in [0.05, 0.1) is 24.5 Å². The van der Waals surface area contributed by atoms with Gasteiger partial charge in [0, 0.05) is 35.7 Å². The highest BCUT2D eigenvalue weighted by Gasteiger charge is 2.45. The number of rotatable bonds is 7. The molecule has 7 nitrogen and oxygen atoms in total. The van der Waals surface area contributed by atoms with Crippen molar-refractivity contribution in [3.63, 3.8) is 0 Å². The molecule has 0 spiro atoms. The van der Waals surface area contributed by atoms with E-state index in [1.54, 1.807) is 31.7 Å². The van der Waals surface area contributed by atoms with Crippen molar-refractivity contribution in [1.82, 2.24) is 14.9 Å². The Kier molecular flexibility index (Phi) is 7.17. The zero-order valence-corrected chi connectivity index (χ0v) is 19.6. The lowest BCUT2D eigenvalue weighted by atomic mass is 10.1. The van der Waals surface area contributed by atoms with Gasteiger partial charge in [0.25, 0.3) is 0 Å². The number of aromatic nitrogens is 2. The van der Waals surface area contributed by atoms with E-state index in [0.29, 0.717) is 46.2 Å². The topological polar surface area (TPSA) is 69.6 Å². The summed E-state index contributed by atoms with van der Waals surface area (Å²) < 4.78 is 20.4. The molecule has 2 atom stereocenters. The summed E-state index contributed by atoms with van der Waals surface area (Å²) in [6, 6.07) is 12.8. The zero-order chi connectivity index (χ0) is 22.6. The normalized spacial score (nSPS) is 20.2. The number of ether oxygens (including phenoxy) is 3. The Morgan fingerprint density at radius 3 is 2.78 bits per heavy atom. The Labute approximate surface area is 201 Å². The molecule has 1 fully saturated rings. The molecule has 3 aromatic rings. The number of nitrogens with zero attached hydrogens (tertiary/aromatic N) is 2. The monoisotopic (exact) mass is 492 g/mol. The Hall–Kier alpha value is -2.36. The summed E-state index contributed by atoms with van der Waals surface area (Å²) in [5, 5.41) is 7.50. The van der Waals surface area contributed by atoms with E-state index in [2.05, 4.69) is 15.6 Å². The van der Waals surface area contributed by atoms with Crippen LogP contribution in [0.25, 0.3) is 0 Å². The van der Waals surface area contributed by atoms with Crippen molar-refractivity contribution in [3.8, 4) is 5.75 Å². The molecule has 168 valence electrons. The molecule has 0 saturated carbocycles. The minimum Gasteiger partial charge on any atom is -0.491 e. The van der Waals surface area contributed by atoms with Gasteiger partial charge < -0.3 is 29.4 Å². The third-order valence-electron chi connectivity index (χ3n) is 4.93. The van der Waals surface area contributed by atoms with Crippen molar-refractivity contribution >= 4 is 46.2 Å². The van der Waals surface area contributed by atoms with E-state index in [0.717, 1.165) is 5.69 Å². The van der Waals surface area contributed by atoms with Crippen LogP contribution in [0.1, 0.15) is 5.56 Å². The summed E-state index contributed by atoms with van der Waals surface area (Å²) in [5.41, 5.74) is 1.57. The summed E-state index contributed by atoms with van der Waals surface area (Å²) in [6.07, 6.45) is 4.96. The fraction of sp³-hybridized carbons (Fsp3) is 0.273. The Balaban J connectivity index is 1.45. The number of benzene rings is 2. The maximum atomic E-state index is 6.50. The lowest BCUT2D eigenvalue weighted by Crippen LogP contribution is -2.34. The van der Waals surface area contributed by atoms with Crippen LogP contribution in [0.5, 0.6) is 5.75 Å². The number of hydrogen-bond donors (Lipinski definition) is 2. The van der Waals surface area contributed by atoms with Gasteiger partial charge in [-0.2, -0.15) is 0 Å². The van der Waals surface area contributed by atoms with Gasteiger partial charge in [0.2, 0.25) is 5.79 Å². The molecular weight excluding hydrogens is 471 g/mol. The maximum Gasteiger partial charge on any atom is 0.215 e. The number of nitrogens with one attached hydrogen (secondary N) is 2. The first kappa shape index (κ1) is 22.8. The SMILES string of the molecule is CNC(=S)Nc1ccc(OCC2COC(Cn3ccnc3)(c3ccc(Cl)cc3Cl)O2)cc1. The van der Waals surface area contributed by atoms with E-state index in [1.807, 2.05) is 41.1 Å². The van der Waals surface area contributed by atoms with Crippen LogP contribution in [0.3, 0.4) is 0 Å². The van der Waals surface area contributed by atoms with E-state index >= 15 is 0 Å². The van der Waals surface area contributed by atoms with Crippen molar-refractivity contribution < 1.29 is 14.2 Å². The van der Waals surface area contributed by atoms with Crippen LogP contribution in [0.4, 0.5) is 5.69 Å². The number of halogens is 2. The first-order valence-corrected chi connectivity index (χ1v) is 11.1. The third-order valence-corrected chi connectivity index (χ3v) is 5.78. The Morgan fingerprint density at radius 1 is 1.28 bits per heavy atom. The van der Waals surface area contributed by atoms with Crippen LogP contribution in [0, 0.1) is 0 Å². The summed E-state index contributed by atoms with van der Waals surface area (Å²) in [6.45, 7) is 1.05. The van der Waals surface area contributed by atoms with Gasteiger partial charge in [-0.25, -0.2) is 4.98 Å². The van der Waals surface area contributed by atoms with E-state index < -0.39 is 5.79 Å². The second-order valence-electron chi connectivity index (χ2n) is 7.20. The lowest BCUT2D eigenvalue weighted by molar-refractivity contribution is -0.189. The fourth-order valence-electron chi connectivity index (χ4n) is 3.39. The van der Waals surface area contributed by atoms with Crippen LogP contribution in [-0.4, -0.2) is 41.0 Å². The molecule has 32 heavy (non-hydrogen) atoms. The Morgan fingerprint density at radius 2 is 2.09 bits per heavy atom. The van der Waals surface area contributed by atoms with Gasteiger partial charge in [-0.1, -0.05) is 29.3 Å². The van der Waals surface area contributed by atoms with Gasteiger partial charge in [-0.3, -0.25) is 0 Å².